The second-order valence-corrected chi connectivity index (χ2v) is 6.61. The molecule has 6 heteroatoms. The van der Waals surface area contributed by atoms with Gasteiger partial charge in [-0.1, -0.05) is 41.9 Å². The molecule has 2 aromatic rings. The zero-order valence-electron chi connectivity index (χ0n) is 14.2. The first kappa shape index (κ1) is 17.9. The number of amides is 1. The lowest BCUT2D eigenvalue weighted by atomic mass is 10.2. The maximum absolute atomic E-state index is 12.1. The Hall–Kier alpha value is -1.95. The van der Waals surface area contributed by atoms with E-state index >= 15 is 0 Å². The Labute approximate surface area is 153 Å². The number of pyridine rings is 1. The molecule has 1 aliphatic heterocycles. The normalized spacial score (nSPS) is 15.9. The summed E-state index contributed by atoms with van der Waals surface area (Å²) in [5, 5.41) is 3.28. The molecule has 0 radical (unpaired) electrons. The fraction of sp³-hybridized carbons (Fsp3) is 0.368. The Morgan fingerprint density at radius 2 is 1.80 bits per heavy atom. The third kappa shape index (κ3) is 5.53. The van der Waals surface area contributed by atoms with Crippen LogP contribution in [0.1, 0.15) is 15.9 Å². The smallest absolute Gasteiger partial charge is 0.251 e. The number of halogens is 1. The van der Waals surface area contributed by atoms with Gasteiger partial charge in [0.15, 0.2) is 0 Å². The van der Waals surface area contributed by atoms with Crippen LogP contribution in [0.3, 0.4) is 0 Å². The molecule has 1 aliphatic rings. The molecular formula is C19H23ClN4O. The highest BCUT2D eigenvalue weighted by atomic mass is 35.5. The quantitative estimate of drug-likeness (QED) is 0.805. The number of rotatable bonds is 6. The van der Waals surface area contributed by atoms with Crippen LogP contribution in [0, 0.1) is 0 Å². The van der Waals surface area contributed by atoms with E-state index in [2.05, 4.69) is 50.4 Å². The van der Waals surface area contributed by atoms with Crippen molar-refractivity contribution in [1.82, 2.24) is 20.1 Å². The largest absolute Gasteiger partial charge is 0.351 e. The molecule has 0 unspecified atom stereocenters. The van der Waals surface area contributed by atoms with Crippen LogP contribution in [-0.4, -0.2) is 60.0 Å². The monoisotopic (exact) mass is 358 g/mol. The second-order valence-electron chi connectivity index (χ2n) is 6.23. The van der Waals surface area contributed by atoms with Crippen LogP contribution in [0.5, 0.6) is 0 Å². The van der Waals surface area contributed by atoms with E-state index < -0.39 is 0 Å². The molecule has 1 aromatic carbocycles. The summed E-state index contributed by atoms with van der Waals surface area (Å²) in [6.07, 6.45) is 1.54. The number of aromatic nitrogens is 1. The molecule has 1 amide bonds. The minimum Gasteiger partial charge on any atom is -0.351 e. The van der Waals surface area contributed by atoms with E-state index in [4.69, 9.17) is 11.6 Å². The van der Waals surface area contributed by atoms with Gasteiger partial charge < -0.3 is 5.32 Å². The predicted molar refractivity (Wildman–Crippen MR) is 99.7 cm³/mol. The maximum atomic E-state index is 12.1. The molecule has 3 rings (SSSR count). The zero-order valence-corrected chi connectivity index (χ0v) is 15.0. The van der Waals surface area contributed by atoms with E-state index in [9.17, 15) is 4.79 Å². The lowest BCUT2D eigenvalue weighted by Gasteiger charge is -2.34. The first-order valence-electron chi connectivity index (χ1n) is 8.59. The van der Waals surface area contributed by atoms with Crippen LogP contribution < -0.4 is 5.32 Å². The third-order valence-corrected chi connectivity index (χ3v) is 4.62. The molecule has 132 valence electrons. The fourth-order valence-corrected chi connectivity index (χ4v) is 3.16. The number of benzene rings is 1. The van der Waals surface area contributed by atoms with Crippen molar-refractivity contribution in [2.24, 2.45) is 0 Å². The number of hydrogen-bond donors (Lipinski definition) is 1. The number of nitrogens with zero attached hydrogens (tertiary/aromatic N) is 3. The summed E-state index contributed by atoms with van der Waals surface area (Å²) in [7, 11) is 0. The maximum Gasteiger partial charge on any atom is 0.251 e. The summed E-state index contributed by atoms with van der Waals surface area (Å²) in [4.78, 5) is 20.8. The average Bonchev–Trinajstić information content (AvgIpc) is 2.64. The highest BCUT2D eigenvalue weighted by Gasteiger charge is 2.16. The van der Waals surface area contributed by atoms with Gasteiger partial charge in [0.25, 0.3) is 5.91 Å². The number of hydrogen-bond acceptors (Lipinski definition) is 4. The fourth-order valence-electron chi connectivity index (χ4n) is 2.99. The van der Waals surface area contributed by atoms with Gasteiger partial charge in [-0.25, -0.2) is 4.98 Å². The van der Waals surface area contributed by atoms with Gasteiger partial charge in [0.1, 0.15) is 5.15 Å². The Kier molecular flexibility index (Phi) is 6.39. The summed E-state index contributed by atoms with van der Waals surface area (Å²) in [6, 6.07) is 13.8. The van der Waals surface area contributed by atoms with Crippen molar-refractivity contribution in [2.45, 2.75) is 6.54 Å². The van der Waals surface area contributed by atoms with E-state index in [0.29, 0.717) is 17.3 Å². The van der Waals surface area contributed by atoms with Crippen LogP contribution in [0.15, 0.2) is 48.7 Å². The molecule has 0 aliphatic carbocycles. The van der Waals surface area contributed by atoms with Crippen LogP contribution in [-0.2, 0) is 6.54 Å². The van der Waals surface area contributed by atoms with Crippen molar-refractivity contribution >= 4 is 17.5 Å². The van der Waals surface area contributed by atoms with E-state index in [0.717, 1.165) is 39.3 Å². The lowest BCUT2D eigenvalue weighted by molar-refractivity contribution is 0.0934. The minimum atomic E-state index is -0.105. The Morgan fingerprint density at radius 1 is 1.08 bits per heavy atom. The molecule has 2 heterocycles. The molecule has 0 bridgehead atoms. The summed E-state index contributed by atoms with van der Waals surface area (Å²) in [5.74, 6) is -0.105. The Bertz CT molecular complexity index is 687. The molecular weight excluding hydrogens is 336 g/mol. The van der Waals surface area contributed by atoms with E-state index in [1.54, 1.807) is 18.3 Å². The van der Waals surface area contributed by atoms with Gasteiger partial charge in [0.05, 0.1) is 0 Å². The van der Waals surface area contributed by atoms with Crippen LogP contribution in [0.2, 0.25) is 5.15 Å². The number of nitrogens with one attached hydrogen (secondary N) is 1. The van der Waals surface area contributed by atoms with E-state index in [1.165, 1.54) is 5.56 Å². The molecule has 25 heavy (non-hydrogen) atoms. The zero-order chi connectivity index (χ0) is 17.5. The van der Waals surface area contributed by atoms with Crippen LogP contribution >= 0.6 is 11.6 Å². The Morgan fingerprint density at radius 3 is 2.52 bits per heavy atom. The van der Waals surface area contributed by atoms with Crippen molar-refractivity contribution in [3.63, 3.8) is 0 Å². The molecule has 0 saturated carbocycles. The summed E-state index contributed by atoms with van der Waals surface area (Å²) in [6.45, 7) is 6.69. The molecule has 1 saturated heterocycles. The minimum absolute atomic E-state index is 0.105. The predicted octanol–water partition coefficient (Wildman–Crippen LogP) is 2.28. The van der Waals surface area contributed by atoms with Crippen molar-refractivity contribution in [3.8, 4) is 0 Å². The van der Waals surface area contributed by atoms with Gasteiger partial charge in [-0.05, 0) is 17.7 Å². The van der Waals surface area contributed by atoms with Gasteiger partial charge in [-0.2, -0.15) is 0 Å². The first-order valence-corrected chi connectivity index (χ1v) is 8.97. The first-order chi connectivity index (χ1) is 12.2. The van der Waals surface area contributed by atoms with Crippen molar-refractivity contribution in [1.29, 1.82) is 0 Å². The van der Waals surface area contributed by atoms with E-state index in [-0.39, 0.29) is 5.91 Å². The second kappa shape index (κ2) is 8.94. The lowest BCUT2D eigenvalue weighted by Crippen LogP contribution is -2.48. The van der Waals surface area contributed by atoms with Gasteiger partial charge in [-0.3, -0.25) is 14.6 Å². The number of carbonyl (C=O) groups excluding carboxylic acids is 1. The number of piperazine rings is 1. The average molecular weight is 359 g/mol. The molecule has 0 spiro atoms. The molecule has 5 nitrogen and oxygen atoms in total. The van der Waals surface area contributed by atoms with E-state index in [1.807, 2.05) is 0 Å². The highest BCUT2D eigenvalue weighted by molar-refractivity contribution is 6.29. The topological polar surface area (TPSA) is 48.5 Å². The SMILES string of the molecule is O=C(NCCN1CCN(Cc2ccccc2)CC1)c1ccnc(Cl)c1. The Balaban J connectivity index is 1.36. The van der Waals surface area contributed by atoms with Crippen molar-refractivity contribution in [2.75, 3.05) is 39.3 Å². The molecule has 0 atom stereocenters. The standard InChI is InChI=1S/C19H23ClN4O/c20-18-14-17(6-7-21-18)19(25)22-8-9-23-10-12-24(13-11-23)15-16-4-2-1-3-5-16/h1-7,14H,8-13,15H2,(H,22,25). The number of carbonyl (C=O) groups is 1. The van der Waals surface area contributed by atoms with Crippen LogP contribution in [0.25, 0.3) is 0 Å². The molecule has 1 N–H and O–H groups in total. The molecule has 1 fully saturated rings. The van der Waals surface area contributed by atoms with Gasteiger partial charge >= 0.3 is 0 Å². The third-order valence-electron chi connectivity index (χ3n) is 4.42. The summed E-state index contributed by atoms with van der Waals surface area (Å²) in [5.41, 5.74) is 1.91. The van der Waals surface area contributed by atoms with Gasteiger partial charge in [0, 0.05) is 57.6 Å². The van der Waals surface area contributed by atoms with Crippen molar-refractivity contribution in [3.05, 3.63) is 64.9 Å². The summed E-state index contributed by atoms with van der Waals surface area (Å²) < 4.78 is 0. The van der Waals surface area contributed by atoms with Gasteiger partial charge in [0.2, 0.25) is 0 Å². The van der Waals surface area contributed by atoms with Gasteiger partial charge in [-0.15, -0.1) is 0 Å². The van der Waals surface area contributed by atoms with Crippen molar-refractivity contribution < 1.29 is 4.79 Å². The summed E-state index contributed by atoms with van der Waals surface area (Å²) >= 11 is 5.81. The highest BCUT2D eigenvalue weighted by Crippen LogP contribution is 2.09. The van der Waals surface area contributed by atoms with Crippen LogP contribution in [0.4, 0.5) is 0 Å². The molecule has 1 aromatic heterocycles.